The summed E-state index contributed by atoms with van der Waals surface area (Å²) in [5.41, 5.74) is -0.293. The zero-order valence-electron chi connectivity index (χ0n) is 38.2. The first kappa shape index (κ1) is 61.7. The second-order valence-corrected chi connectivity index (χ2v) is 17.6. The van der Waals surface area contributed by atoms with Crippen LogP contribution < -0.4 is 0 Å². The molecule has 3 rings (SSSR count). The summed E-state index contributed by atoms with van der Waals surface area (Å²) in [5, 5.41) is 0.642. The van der Waals surface area contributed by atoms with E-state index in [1.165, 1.54) is 96.7 Å². The van der Waals surface area contributed by atoms with Crippen molar-refractivity contribution in [1.82, 2.24) is 19.6 Å². The lowest BCUT2D eigenvalue weighted by atomic mass is 9.95. The number of hydrogen-bond acceptors (Lipinski definition) is 11. The SMILES string of the molecule is CCN(CC)CC.CCN(CC)CC.CCN(CC)CC.CCN(CC)CC.O=P(O)(O)OP(=O)(O)OP(=O)(O)OC[C@H]1O[C@@H](c2cccc3ccccc23)C(F)(F)C1(F)F. The molecule has 0 aromatic heterocycles. The predicted octanol–water partition coefficient (Wildman–Crippen LogP) is 9.29. The van der Waals surface area contributed by atoms with Crippen molar-refractivity contribution in [3.05, 3.63) is 48.0 Å². The molecule has 4 N–H and O–H groups in total. The standard InChI is InChI=1S/C15H15F4O11P3.4C6H15N/c16-14(17)12(8-27-32(23,24)30-33(25,26)29-31(20,21)22)28-13(15(14,18)19)11-7-3-5-9-4-1-2-6-10(9)11;4*1-4-7(5-2)6-3/h1-7,12-13H,8H2,(H,23,24)(H,25,26)(H2,20,21,22);4*4-6H2,1-3H3/t12-,13+;;;;/m1..../s1. The smallest absolute Gasteiger partial charge is 0.355 e. The monoisotopic (exact) mass is 944 g/mol. The van der Waals surface area contributed by atoms with Crippen molar-refractivity contribution >= 4 is 34.2 Å². The average molecular weight is 945 g/mol. The molecule has 0 aliphatic carbocycles. The van der Waals surface area contributed by atoms with Crippen LogP contribution in [0, 0.1) is 0 Å². The van der Waals surface area contributed by atoms with Gasteiger partial charge in [-0.2, -0.15) is 26.2 Å². The van der Waals surface area contributed by atoms with E-state index < -0.39 is 54.1 Å². The third-order valence-corrected chi connectivity index (χ3v) is 13.6. The lowest BCUT2D eigenvalue weighted by Crippen LogP contribution is -2.45. The molecule has 2 unspecified atom stereocenters. The van der Waals surface area contributed by atoms with Gasteiger partial charge in [0.1, 0.15) is 0 Å². The summed E-state index contributed by atoms with van der Waals surface area (Å²) >= 11 is 0. The molecule has 2 aromatic carbocycles. The van der Waals surface area contributed by atoms with Gasteiger partial charge in [-0.05, 0) is 94.9 Å². The first-order chi connectivity index (χ1) is 28.3. The first-order valence-electron chi connectivity index (χ1n) is 20.9. The quantitative estimate of drug-likeness (QED) is 0.0728. The number of fused-ring (bicyclic) bond motifs is 1. The van der Waals surface area contributed by atoms with E-state index in [9.17, 15) is 36.2 Å². The number of halogens is 4. The zero-order chi connectivity index (χ0) is 47.7. The van der Waals surface area contributed by atoms with Gasteiger partial charge in [-0.1, -0.05) is 126 Å². The summed E-state index contributed by atoms with van der Waals surface area (Å²) < 4.78 is 107. The van der Waals surface area contributed by atoms with E-state index in [-0.39, 0.29) is 10.9 Å². The van der Waals surface area contributed by atoms with Crippen molar-refractivity contribution in [3.8, 4) is 0 Å². The van der Waals surface area contributed by atoms with E-state index in [1.54, 1.807) is 18.2 Å². The van der Waals surface area contributed by atoms with Crippen LogP contribution in [0.4, 0.5) is 17.6 Å². The molecule has 4 atom stereocenters. The number of phosphoric acid groups is 3. The van der Waals surface area contributed by atoms with E-state index in [0.29, 0.717) is 5.39 Å². The van der Waals surface area contributed by atoms with E-state index in [0.717, 1.165) is 6.07 Å². The lowest BCUT2D eigenvalue weighted by molar-refractivity contribution is -0.201. The highest BCUT2D eigenvalue weighted by Crippen LogP contribution is 2.66. The van der Waals surface area contributed by atoms with Crippen LogP contribution in [0.5, 0.6) is 0 Å². The minimum absolute atomic E-state index is 0.189. The molecule has 1 aliphatic rings. The molecule has 1 heterocycles. The van der Waals surface area contributed by atoms with Crippen molar-refractivity contribution in [2.45, 2.75) is 107 Å². The van der Waals surface area contributed by atoms with Crippen LogP contribution >= 0.6 is 23.5 Å². The van der Waals surface area contributed by atoms with E-state index in [1.807, 2.05) is 0 Å². The van der Waals surface area contributed by atoms with Crippen molar-refractivity contribution in [1.29, 1.82) is 0 Å². The van der Waals surface area contributed by atoms with Crippen LogP contribution in [0.25, 0.3) is 10.8 Å². The summed E-state index contributed by atoms with van der Waals surface area (Å²) in [6.07, 6.45) is -5.31. The second-order valence-electron chi connectivity index (χ2n) is 13.2. The molecule has 1 fully saturated rings. The number of phosphoric ester groups is 1. The Labute approximate surface area is 362 Å². The van der Waals surface area contributed by atoms with Gasteiger partial charge in [0.15, 0.2) is 12.2 Å². The summed E-state index contributed by atoms with van der Waals surface area (Å²) in [4.78, 5) is 44.9. The van der Waals surface area contributed by atoms with Gasteiger partial charge in [0.2, 0.25) is 0 Å². The Balaban J connectivity index is 0. The number of benzene rings is 2. The molecular weight excluding hydrogens is 869 g/mol. The maximum atomic E-state index is 14.6. The second kappa shape index (κ2) is 30.7. The van der Waals surface area contributed by atoms with Gasteiger partial charge in [0, 0.05) is 0 Å². The number of alkyl halides is 4. The van der Waals surface area contributed by atoms with Crippen molar-refractivity contribution in [2.24, 2.45) is 0 Å². The molecule has 2 aromatic rings. The molecule has 61 heavy (non-hydrogen) atoms. The summed E-state index contributed by atoms with van der Waals surface area (Å²) in [5.74, 6) is -9.73. The summed E-state index contributed by atoms with van der Waals surface area (Å²) in [6.45, 7) is 38.8. The number of rotatable bonds is 20. The van der Waals surface area contributed by atoms with Crippen LogP contribution in [0.15, 0.2) is 42.5 Å². The molecule has 360 valence electrons. The minimum atomic E-state index is -5.92. The molecule has 0 radical (unpaired) electrons. The van der Waals surface area contributed by atoms with Crippen LogP contribution in [0.3, 0.4) is 0 Å². The fourth-order valence-electron chi connectivity index (χ4n) is 5.76. The molecule has 0 saturated carbocycles. The topological polar surface area (TPSA) is 182 Å². The van der Waals surface area contributed by atoms with Crippen LogP contribution in [-0.2, 0) is 31.6 Å². The molecule has 0 spiro atoms. The zero-order valence-corrected chi connectivity index (χ0v) is 40.9. The van der Waals surface area contributed by atoms with Gasteiger partial charge >= 0.3 is 35.3 Å². The van der Waals surface area contributed by atoms with E-state index in [2.05, 4.69) is 116 Å². The normalized spacial score (nSPS) is 18.8. The number of hydrogen-bond donors (Lipinski definition) is 4. The number of ether oxygens (including phenoxy) is 1. The Hall–Kier alpha value is -1.37. The largest absolute Gasteiger partial charge is 0.490 e. The molecule has 22 heteroatoms. The Bertz CT molecular complexity index is 1530. The molecule has 0 bridgehead atoms. The lowest BCUT2D eigenvalue weighted by Gasteiger charge is -2.24. The highest BCUT2D eigenvalue weighted by atomic mass is 31.3. The Morgan fingerprint density at radius 1 is 0.541 bits per heavy atom. The Morgan fingerprint density at radius 2 is 0.902 bits per heavy atom. The molecular formula is C39H75F4N4O11P3. The number of nitrogens with zero attached hydrogens (tertiary/aromatic N) is 4. The summed E-state index contributed by atoms with van der Waals surface area (Å²) in [7, 11) is -17.4. The van der Waals surface area contributed by atoms with Gasteiger partial charge in [0.05, 0.1) is 6.61 Å². The van der Waals surface area contributed by atoms with Crippen LogP contribution in [-0.4, -0.2) is 142 Å². The first-order valence-corrected chi connectivity index (χ1v) is 25.4. The fourth-order valence-corrected chi connectivity index (χ4v) is 8.78. The maximum Gasteiger partial charge on any atom is 0.490 e. The minimum Gasteiger partial charge on any atom is -0.355 e. The van der Waals surface area contributed by atoms with Crippen LogP contribution in [0.2, 0.25) is 0 Å². The molecule has 0 amide bonds. The summed E-state index contributed by atoms with van der Waals surface area (Å²) in [6, 6.07) is 10.1. The van der Waals surface area contributed by atoms with Crippen molar-refractivity contribution in [3.63, 3.8) is 0 Å². The third kappa shape index (κ3) is 22.9. The van der Waals surface area contributed by atoms with Crippen LogP contribution in [0.1, 0.15) is 94.8 Å². The molecule has 1 saturated heterocycles. The van der Waals surface area contributed by atoms with Gasteiger partial charge in [-0.15, -0.1) is 0 Å². The van der Waals surface area contributed by atoms with Gasteiger partial charge in [0.25, 0.3) is 0 Å². The van der Waals surface area contributed by atoms with E-state index in [4.69, 9.17) is 19.4 Å². The predicted molar refractivity (Wildman–Crippen MR) is 235 cm³/mol. The van der Waals surface area contributed by atoms with Gasteiger partial charge in [-0.25, -0.2) is 13.7 Å². The maximum absolute atomic E-state index is 14.6. The third-order valence-electron chi connectivity index (χ3n) is 9.76. The molecule has 1 aliphatic heterocycles. The van der Waals surface area contributed by atoms with Gasteiger partial charge < -0.3 is 43.9 Å². The average Bonchev–Trinajstić information content (AvgIpc) is 3.38. The highest BCUT2D eigenvalue weighted by molar-refractivity contribution is 7.66. The highest BCUT2D eigenvalue weighted by Gasteiger charge is 2.73. The van der Waals surface area contributed by atoms with Crippen molar-refractivity contribution in [2.75, 3.05) is 85.1 Å². The van der Waals surface area contributed by atoms with Gasteiger partial charge in [-0.3, -0.25) is 4.52 Å². The van der Waals surface area contributed by atoms with Crippen molar-refractivity contribution < 1.29 is 68.7 Å². The Morgan fingerprint density at radius 3 is 1.25 bits per heavy atom. The fraction of sp³-hybridized carbons (Fsp3) is 0.744. The van der Waals surface area contributed by atoms with E-state index >= 15 is 0 Å². The molecule has 15 nitrogen and oxygen atoms in total. The Kier molecular flexibility index (Phi) is 31.1.